The van der Waals surface area contributed by atoms with Crippen LogP contribution in [-0.4, -0.2) is 35.1 Å². The van der Waals surface area contributed by atoms with Gasteiger partial charge in [-0.1, -0.05) is 54.6 Å². The molecule has 3 aromatic rings. The molecule has 1 aliphatic carbocycles. The average Bonchev–Trinajstić information content (AvgIpc) is 3.35. The van der Waals surface area contributed by atoms with E-state index >= 15 is 0 Å². The number of hydrogen-bond acceptors (Lipinski definition) is 6. The second-order valence-electron chi connectivity index (χ2n) is 9.48. The monoisotopic (exact) mass is 441 g/mol. The SMILES string of the molecule is CC1(C)OB(C2=Cc3c(-c4ccccc4)nc4ccccc4c3C3=NSNC23)OC1(C)C. The molecule has 1 aromatic heterocycles. The molecule has 1 atom stereocenters. The Labute approximate surface area is 192 Å². The minimum absolute atomic E-state index is 0.0726. The van der Waals surface area contributed by atoms with Crippen molar-refractivity contribution < 1.29 is 9.31 Å². The molecule has 1 fully saturated rings. The van der Waals surface area contributed by atoms with Crippen molar-refractivity contribution in [3.8, 4) is 11.3 Å². The molecular weight excluding hydrogens is 417 g/mol. The fourth-order valence-electron chi connectivity index (χ4n) is 4.55. The zero-order valence-corrected chi connectivity index (χ0v) is 19.4. The zero-order valence-electron chi connectivity index (χ0n) is 18.5. The van der Waals surface area contributed by atoms with Crippen molar-refractivity contribution in [1.82, 2.24) is 9.71 Å². The highest BCUT2D eigenvalue weighted by molar-refractivity contribution is 7.96. The number of aromatic nitrogens is 1. The van der Waals surface area contributed by atoms with E-state index in [-0.39, 0.29) is 6.04 Å². The van der Waals surface area contributed by atoms with Gasteiger partial charge in [0.25, 0.3) is 0 Å². The number of nitrogens with one attached hydrogen (secondary N) is 1. The summed E-state index contributed by atoms with van der Waals surface area (Å²) in [6, 6.07) is 18.6. The van der Waals surface area contributed by atoms with E-state index in [9.17, 15) is 0 Å². The van der Waals surface area contributed by atoms with E-state index in [1.807, 2.05) is 24.3 Å². The second-order valence-corrected chi connectivity index (χ2v) is 10.1. The summed E-state index contributed by atoms with van der Waals surface area (Å²) in [4.78, 5) is 5.08. The van der Waals surface area contributed by atoms with Crippen LogP contribution in [0.15, 0.2) is 64.5 Å². The lowest BCUT2D eigenvalue weighted by molar-refractivity contribution is 0.00578. The Kier molecular flexibility index (Phi) is 4.43. The van der Waals surface area contributed by atoms with Crippen molar-refractivity contribution in [3.05, 3.63) is 71.2 Å². The lowest BCUT2D eigenvalue weighted by atomic mass is 9.67. The molecule has 1 N–H and O–H groups in total. The van der Waals surface area contributed by atoms with Crippen LogP contribution in [0.1, 0.15) is 38.8 Å². The van der Waals surface area contributed by atoms with Crippen molar-refractivity contribution in [2.75, 3.05) is 0 Å². The molecule has 3 heterocycles. The van der Waals surface area contributed by atoms with Gasteiger partial charge < -0.3 is 9.31 Å². The van der Waals surface area contributed by atoms with E-state index in [4.69, 9.17) is 18.7 Å². The van der Waals surface area contributed by atoms with E-state index in [1.165, 1.54) is 12.1 Å². The van der Waals surface area contributed by atoms with Crippen LogP contribution in [-0.2, 0) is 9.31 Å². The molecule has 3 aliphatic rings. The number of pyridine rings is 1. The number of benzene rings is 2. The molecule has 0 radical (unpaired) electrons. The normalized spacial score (nSPS) is 23.0. The number of para-hydroxylation sites is 1. The maximum Gasteiger partial charge on any atom is 0.492 e. The molecule has 5 nitrogen and oxygen atoms in total. The highest BCUT2D eigenvalue weighted by Crippen LogP contribution is 2.44. The molecule has 0 saturated carbocycles. The lowest BCUT2D eigenvalue weighted by Gasteiger charge is -2.32. The van der Waals surface area contributed by atoms with Crippen LogP contribution in [0.5, 0.6) is 0 Å². The molecule has 160 valence electrons. The topological polar surface area (TPSA) is 55.7 Å². The Morgan fingerprint density at radius 2 is 1.62 bits per heavy atom. The van der Waals surface area contributed by atoms with Crippen molar-refractivity contribution in [3.63, 3.8) is 0 Å². The summed E-state index contributed by atoms with van der Waals surface area (Å²) in [5.74, 6) is 0. The summed E-state index contributed by atoms with van der Waals surface area (Å²) in [6.07, 6.45) is 2.21. The third-order valence-electron chi connectivity index (χ3n) is 6.99. The fraction of sp³-hybridized carbons (Fsp3) is 0.280. The number of nitrogens with zero attached hydrogens (tertiary/aromatic N) is 2. The molecule has 32 heavy (non-hydrogen) atoms. The van der Waals surface area contributed by atoms with Gasteiger partial charge in [0.15, 0.2) is 0 Å². The zero-order chi connectivity index (χ0) is 22.1. The number of hydrogen-bond donors (Lipinski definition) is 1. The molecule has 0 spiro atoms. The summed E-state index contributed by atoms with van der Waals surface area (Å²) in [7, 11) is -0.454. The van der Waals surface area contributed by atoms with Crippen LogP contribution < -0.4 is 4.72 Å². The fourth-order valence-corrected chi connectivity index (χ4v) is 5.25. The average molecular weight is 441 g/mol. The Bertz CT molecular complexity index is 1290. The standard InChI is InChI=1S/C25H24BN3O2S/c1-24(2)25(3,4)31-26(30-24)18-14-17-20(23-22(18)28-32-29-23)16-12-8-9-13-19(16)27-21(17)15-10-6-5-7-11-15/h5-14,22,28H,1-4H3. The van der Waals surface area contributed by atoms with Gasteiger partial charge in [-0.25, -0.2) is 14.1 Å². The predicted octanol–water partition coefficient (Wildman–Crippen LogP) is 5.25. The van der Waals surface area contributed by atoms with Gasteiger partial charge in [0.1, 0.15) is 0 Å². The second kappa shape index (κ2) is 7.02. The van der Waals surface area contributed by atoms with Gasteiger partial charge in [0.2, 0.25) is 0 Å². The summed E-state index contributed by atoms with van der Waals surface area (Å²) in [6.45, 7) is 8.34. The van der Waals surface area contributed by atoms with Gasteiger partial charge in [0.05, 0.1) is 46.3 Å². The van der Waals surface area contributed by atoms with Crippen LogP contribution in [0.3, 0.4) is 0 Å². The van der Waals surface area contributed by atoms with Crippen molar-refractivity contribution in [1.29, 1.82) is 0 Å². The van der Waals surface area contributed by atoms with Gasteiger partial charge in [0, 0.05) is 22.1 Å². The lowest BCUT2D eigenvalue weighted by Crippen LogP contribution is -2.41. The molecule has 1 unspecified atom stereocenters. The largest absolute Gasteiger partial charge is 0.492 e. The Morgan fingerprint density at radius 3 is 2.38 bits per heavy atom. The van der Waals surface area contributed by atoms with E-state index < -0.39 is 18.3 Å². The molecule has 0 amide bonds. The van der Waals surface area contributed by atoms with Gasteiger partial charge in [-0.05, 0) is 39.2 Å². The van der Waals surface area contributed by atoms with Crippen molar-refractivity contribution in [2.24, 2.45) is 4.40 Å². The maximum atomic E-state index is 6.44. The van der Waals surface area contributed by atoms with Crippen LogP contribution in [0.25, 0.3) is 28.2 Å². The summed E-state index contributed by atoms with van der Waals surface area (Å²) >= 11 is 1.38. The molecule has 1 saturated heterocycles. The summed E-state index contributed by atoms with van der Waals surface area (Å²) < 4.78 is 21.2. The quantitative estimate of drug-likeness (QED) is 0.435. The first kappa shape index (κ1) is 20.2. The summed E-state index contributed by atoms with van der Waals surface area (Å²) in [5, 5.41) is 1.11. The number of fused-ring (bicyclic) bond motifs is 5. The minimum atomic E-state index is -0.454. The van der Waals surface area contributed by atoms with Crippen LogP contribution in [0.2, 0.25) is 0 Å². The molecule has 2 aromatic carbocycles. The van der Waals surface area contributed by atoms with Crippen LogP contribution >= 0.6 is 12.1 Å². The van der Waals surface area contributed by atoms with Gasteiger partial charge in [-0.3, -0.25) is 0 Å². The molecule has 6 rings (SSSR count). The van der Waals surface area contributed by atoms with E-state index in [2.05, 4.69) is 68.8 Å². The molecular formula is C25H24BN3O2S. The number of rotatable bonds is 2. The highest BCUT2D eigenvalue weighted by Gasteiger charge is 2.55. The first-order valence-electron chi connectivity index (χ1n) is 10.9. The van der Waals surface area contributed by atoms with Crippen molar-refractivity contribution in [2.45, 2.75) is 44.9 Å². The molecule has 7 heteroatoms. The third kappa shape index (κ3) is 2.92. The maximum absolute atomic E-state index is 6.44. The van der Waals surface area contributed by atoms with E-state index in [0.717, 1.165) is 44.5 Å². The first-order valence-corrected chi connectivity index (χ1v) is 11.7. The smallest absolute Gasteiger partial charge is 0.400 e. The highest BCUT2D eigenvalue weighted by atomic mass is 32.2. The minimum Gasteiger partial charge on any atom is -0.400 e. The third-order valence-corrected chi connectivity index (χ3v) is 7.62. The Hall–Kier alpha value is -2.45. The Morgan fingerprint density at radius 1 is 0.938 bits per heavy atom. The Balaban J connectivity index is 1.62. The van der Waals surface area contributed by atoms with Crippen LogP contribution in [0, 0.1) is 0 Å². The van der Waals surface area contributed by atoms with Gasteiger partial charge in [-0.2, -0.15) is 0 Å². The van der Waals surface area contributed by atoms with E-state index in [0.29, 0.717) is 0 Å². The van der Waals surface area contributed by atoms with Gasteiger partial charge in [-0.15, -0.1) is 0 Å². The van der Waals surface area contributed by atoms with Crippen molar-refractivity contribution >= 4 is 41.9 Å². The molecule has 2 aliphatic heterocycles. The predicted molar refractivity (Wildman–Crippen MR) is 132 cm³/mol. The molecule has 0 bridgehead atoms. The summed E-state index contributed by atoms with van der Waals surface area (Å²) in [5.41, 5.74) is 6.43. The van der Waals surface area contributed by atoms with E-state index in [1.54, 1.807) is 0 Å². The van der Waals surface area contributed by atoms with Gasteiger partial charge >= 0.3 is 7.12 Å². The first-order chi connectivity index (χ1) is 15.4. The van der Waals surface area contributed by atoms with Crippen LogP contribution in [0.4, 0.5) is 0 Å².